The van der Waals surface area contributed by atoms with Crippen LogP contribution in [-0.4, -0.2) is 33.3 Å². The smallest absolute Gasteiger partial charge is 0.338 e. The number of nitrogens with zero attached hydrogens (tertiary/aromatic N) is 1. The molecule has 0 fully saturated rings. The van der Waals surface area contributed by atoms with Crippen molar-refractivity contribution < 1.29 is 22.7 Å². The topological polar surface area (TPSA) is 80.8 Å². The van der Waals surface area contributed by atoms with Crippen LogP contribution in [0, 0.1) is 6.92 Å². The third-order valence-corrected chi connectivity index (χ3v) is 6.62. The predicted molar refractivity (Wildman–Crippen MR) is 119 cm³/mol. The van der Waals surface area contributed by atoms with Crippen molar-refractivity contribution in [2.45, 2.75) is 24.8 Å². The molecule has 3 aromatic carbocycles. The van der Waals surface area contributed by atoms with E-state index in [2.05, 4.69) is 0 Å². The second kappa shape index (κ2) is 9.14. The SMILES string of the molecule is Cc1ccc(C(=O)[C@@H](C)OC(=O)c2cccc(S(=O)(=O)N(C)c3ccccc3)c2)cc1. The lowest BCUT2D eigenvalue weighted by Gasteiger charge is -2.20. The molecule has 0 aliphatic carbocycles. The van der Waals surface area contributed by atoms with Gasteiger partial charge in [0.05, 0.1) is 16.1 Å². The van der Waals surface area contributed by atoms with Crippen molar-refractivity contribution in [2.75, 3.05) is 11.4 Å². The molecule has 1 atom stereocenters. The molecule has 0 radical (unpaired) electrons. The van der Waals surface area contributed by atoms with Gasteiger partial charge in [0.15, 0.2) is 6.10 Å². The average molecular weight is 438 g/mol. The Kier molecular flexibility index (Phi) is 6.56. The number of anilines is 1. The van der Waals surface area contributed by atoms with E-state index in [0.29, 0.717) is 11.3 Å². The van der Waals surface area contributed by atoms with E-state index in [0.717, 1.165) is 9.87 Å². The van der Waals surface area contributed by atoms with E-state index in [1.165, 1.54) is 38.2 Å². The zero-order valence-corrected chi connectivity index (χ0v) is 18.3. The highest BCUT2D eigenvalue weighted by Crippen LogP contribution is 2.23. The summed E-state index contributed by atoms with van der Waals surface area (Å²) < 4.78 is 32.4. The van der Waals surface area contributed by atoms with Crippen LogP contribution in [0.3, 0.4) is 0 Å². The molecule has 0 aliphatic rings. The number of hydrogen-bond donors (Lipinski definition) is 0. The Hall–Kier alpha value is -3.45. The van der Waals surface area contributed by atoms with Crippen LogP contribution in [0.2, 0.25) is 0 Å². The molecule has 0 spiro atoms. The number of carbonyl (C=O) groups is 2. The van der Waals surface area contributed by atoms with Gasteiger partial charge in [-0.15, -0.1) is 0 Å². The Morgan fingerprint density at radius 1 is 0.871 bits per heavy atom. The Labute approximate surface area is 182 Å². The van der Waals surface area contributed by atoms with Gasteiger partial charge in [0, 0.05) is 12.6 Å². The maximum atomic E-state index is 13.0. The van der Waals surface area contributed by atoms with Crippen molar-refractivity contribution in [1.82, 2.24) is 0 Å². The molecule has 0 unspecified atom stereocenters. The summed E-state index contributed by atoms with van der Waals surface area (Å²) >= 11 is 0. The number of rotatable bonds is 7. The van der Waals surface area contributed by atoms with Crippen LogP contribution >= 0.6 is 0 Å². The van der Waals surface area contributed by atoms with Gasteiger partial charge in [-0.1, -0.05) is 54.1 Å². The van der Waals surface area contributed by atoms with E-state index in [1.807, 2.05) is 6.92 Å². The third-order valence-electron chi connectivity index (χ3n) is 4.84. The molecule has 31 heavy (non-hydrogen) atoms. The first-order valence-corrected chi connectivity index (χ1v) is 11.1. The van der Waals surface area contributed by atoms with Crippen molar-refractivity contribution in [3.05, 3.63) is 95.6 Å². The number of sulfonamides is 1. The molecule has 0 N–H and O–H groups in total. The molecule has 160 valence electrons. The molecule has 7 heteroatoms. The molecule has 0 bridgehead atoms. The second-order valence-electron chi connectivity index (χ2n) is 7.11. The minimum Gasteiger partial charge on any atom is -0.451 e. The first-order valence-electron chi connectivity index (χ1n) is 9.66. The number of benzene rings is 3. The van der Waals surface area contributed by atoms with Crippen LogP contribution in [0.25, 0.3) is 0 Å². The fourth-order valence-electron chi connectivity index (χ4n) is 2.95. The van der Waals surface area contributed by atoms with Crippen molar-refractivity contribution in [2.24, 2.45) is 0 Å². The van der Waals surface area contributed by atoms with Gasteiger partial charge < -0.3 is 4.74 Å². The average Bonchev–Trinajstić information content (AvgIpc) is 2.79. The van der Waals surface area contributed by atoms with Crippen molar-refractivity contribution in [1.29, 1.82) is 0 Å². The van der Waals surface area contributed by atoms with Gasteiger partial charge in [-0.3, -0.25) is 9.10 Å². The fourth-order valence-corrected chi connectivity index (χ4v) is 4.19. The van der Waals surface area contributed by atoms with Gasteiger partial charge in [-0.05, 0) is 44.2 Å². The van der Waals surface area contributed by atoms with Crippen LogP contribution in [0.5, 0.6) is 0 Å². The first kappa shape index (κ1) is 22.2. The van der Waals surface area contributed by atoms with Crippen LogP contribution < -0.4 is 4.31 Å². The normalized spacial score (nSPS) is 12.1. The highest BCUT2D eigenvalue weighted by atomic mass is 32.2. The molecule has 0 amide bonds. The van der Waals surface area contributed by atoms with Gasteiger partial charge in [0.1, 0.15) is 0 Å². The molecule has 0 aliphatic heterocycles. The Bertz CT molecular complexity index is 1190. The molecule has 3 rings (SSSR count). The van der Waals surface area contributed by atoms with Crippen molar-refractivity contribution in [3.8, 4) is 0 Å². The van der Waals surface area contributed by atoms with Crippen LogP contribution in [-0.2, 0) is 14.8 Å². The van der Waals surface area contributed by atoms with E-state index in [9.17, 15) is 18.0 Å². The molecular weight excluding hydrogens is 414 g/mol. The van der Waals surface area contributed by atoms with Gasteiger partial charge in [0.25, 0.3) is 10.0 Å². The minimum absolute atomic E-state index is 0.0473. The molecule has 0 saturated heterocycles. The van der Waals surface area contributed by atoms with Crippen LogP contribution in [0.4, 0.5) is 5.69 Å². The van der Waals surface area contributed by atoms with E-state index in [-0.39, 0.29) is 16.2 Å². The lowest BCUT2D eigenvalue weighted by atomic mass is 10.1. The summed E-state index contributed by atoms with van der Waals surface area (Å²) in [5.74, 6) is -1.10. The molecular formula is C24H23NO5S. The number of aryl methyl sites for hydroxylation is 1. The van der Waals surface area contributed by atoms with Gasteiger partial charge in [-0.2, -0.15) is 0 Å². The lowest BCUT2D eigenvalue weighted by Crippen LogP contribution is -2.27. The van der Waals surface area contributed by atoms with Gasteiger partial charge in [0.2, 0.25) is 5.78 Å². The number of hydrogen-bond acceptors (Lipinski definition) is 5. The van der Waals surface area contributed by atoms with E-state index < -0.39 is 22.1 Å². The first-order chi connectivity index (χ1) is 14.7. The third kappa shape index (κ3) is 5.00. The van der Waals surface area contributed by atoms with Crippen LogP contribution in [0.1, 0.15) is 33.2 Å². The van der Waals surface area contributed by atoms with Crippen LogP contribution in [0.15, 0.2) is 83.8 Å². The predicted octanol–water partition coefficient (Wildman–Crippen LogP) is 4.25. The molecule has 6 nitrogen and oxygen atoms in total. The van der Waals surface area contributed by atoms with Gasteiger partial charge in [-0.25, -0.2) is 13.2 Å². The lowest BCUT2D eigenvalue weighted by molar-refractivity contribution is 0.0318. The van der Waals surface area contributed by atoms with Crippen molar-refractivity contribution in [3.63, 3.8) is 0 Å². The van der Waals surface area contributed by atoms with E-state index in [4.69, 9.17) is 4.74 Å². The molecule has 0 saturated carbocycles. The van der Waals surface area contributed by atoms with E-state index in [1.54, 1.807) is 54.6 Å². The summed E-state index contributed by atoms with van der Waals surface area (Å²) in [6, 6.07) is 21.2. The number of ether oxygens (including phenoxy) is 1. The zero-order valence-electron chi connectivity index (χ0n) is 17.5. The zero-order chi connectivity index (χ0) is 22.6. The summed E-state index contributed by atoms with van der Waals surface area (Å²) in [5.41, 5.74) is 1.99. The highest BCUT2D eigenvalue weighted by Gasteiger charge is 2.24. The number of Topliss-reactive ketones (excluding diaryl/α,β-unsaturated/α-hetero) is 1. The quantitative estimate of drug-likeness (QED) is 0.408. The standard InChI is InChI=1S/C24H23NO5S/c1-17-12-14-19(15-13-17)23(26)18(2)30-24(27)20-8-7-11-22(16-20)31(28,29)25(3)21-9-5-4-6-10-21/h4-16,18H,1-3H3/t18-/m1/s1. The summed E-state index contributed by atoms with van der Waals surface area (Å²) in [6.45, 7) is 3.40. The van der Waals surface area contributed by atoms with E-state index >= 15 is 0 Å². The fraction of sp³-hybridized carbons (Fsp3) is 0.167. The number of esters is 1. The number of ketones is 1. The summed E-state index contributed by atoms with van der Waals surface area (Å²) in [4.78, 5) is 25.0. The maximum absolute atomic E-state index is 13.0. The summed E-state index contributed by atoms with van der Waals surface area (Å²) in [7, 11) is -2.44. The highest BCUT2D eigenvalue weighted by molar-refractivity contribution is 7.92. The monoisotopic (exact) mass is 437 g/mol. The largest absolute Gasteiger partial charge is 0.451 e. The number of para-hydroxylation sites is 1. The Morgan fingerprint density at radius 3 is 2.16 bits per heavy atom. The molecule has 3 aromatic rings. The minimum atomic E-state index is -3.88. The molecule has 0 aromatic heterocycles. The summed E-state index contributed by atoms with van der Waals surface area (Å²) in [6.07, 6.45) is -1.01. The van der Waals surface area contributed by atoms with Gasteiger partial charge >= 0.3 is 5.97 Å². The molecule has 0 heterocycles. The maximum Gasteiger partial charge on any atom is 0.338 e. The number of carbonyl (C=O) groups excluding carboxylic acids is 2. The Morgan fingerprint density at radius 2 is 1.52 bits per heavy atom. The summed E-state index contributed by atoms with van der Waals surface area (Å²) in [5, 5.41) is 0. The second-order valence-corrected chi connectivity index (χ2v) is 9.08. The Balaban J connectivity index is 1.78. The van der Waals surface area contributed by atoms with Crippen molar-refractivity contribution >= 4 is 27.5 Å².